The van der Waals surface area contributed by atoms with Gasteiger partial charge >= 0.3 is 6.03 Å². The highest BCUT2D eigenvalue weighted by Gasteiger charge is 2.08. The van der Waals surface area contributed by atoms with Gasteiger partial charge in [-0.1, -0.05) is 35.5 Å². The highest BCUT2D eigenvalue weighted by Crippen LogP contribution is 2.19. The van der Waals surface area contributed by atoms with E-state index in [2.05, 4.69) is 5.16 Å². The van der Waals surface area contributed by atoms with E-state index in [1.165, 1.54) is 0 Å². The summed E-state index contributed by atoms with van der Waals surface area (Å²) in [6.07, 6.45) is 1.90. The summed E-state index contributed by atoms with van der Waals surface area (Å²) in [5, 5.41) is 6.13. The molecule has 1 aromatic heterocycles. The molecule has 7 nitrogen and oxygen atoms in total. The van der Waals surface area contributed by atoms with Crippen LogP contribution in [0.15, 0.2) is 40.9 Å². The van der Waals surface area contributed by atoms with Gasteiger partial charge in [0.1, 0.15) is 11.5 Å². The van der Waals surface area contributed by atoms with Crippen molar-refractivity contribution in [3.05, 3.63) is 42.2 Å². The van der Waals surface area contributed by atoms with Crippen molar-refractivity contribution in [1.29, 1.82) is 0 Å². The topological polar surface area (TPSA) is 101 Å². The van der Waals surface area contributed by atoms with E-state index in [0.717, 1.165) is 36.4 Å². The van der Waals surface area contributed by atoms with Gasteiger partial charge in [0, 0.05) is 31.0 Å². The Morgan fingerprint density at radius 2 is 2.00 bits per heavy atom. The number of hydrogen-bond donors (Lipinski definition) is 2. The van der Waals surface area contributed by atoms with Gasteiger partial charge in [-0.2, -0.15) is 0 Å². The summed E-state index contributed by atoms with van der Waals surface area (Å²) in [7, 11) is 1.92. The van der Waals surface area contributed by atoms with E-state index in [1.54, 1.807) is 0 Å². The zero-order chi connectivity index (χ0) is 17.4. The molecule has 24 heavy (non-hydrogen) atoms. The average molecular weight is 330 g/mol. The molecule has 128 valence electrons. The standard InChI is InChI=1S/C17H22N4O3/c1-21(11-9-16(22)19-17(18)23)10-5-8-14-12-15(20-24-14)13-6-3-2-4-7-13/h2-4,6-7,12H,5,8-11H2,1H3,(H3,18,19,22,23). The first-order valence-corrected chi connectivity index (χ1v) is 7.83. The number of imide groups is 1. The fourth-order valence-electron chi connectivity index (χ4n) is 2.30. The Hall–Kier alpha value is -2.67. The summed E-state index contributed by atoms with van der Waals surface area (Å²) < 4.78 is 5.36. The molecule has 0 atom stereocenters. The molecule has 0 saturated heterocycles. The van der Waals surface area contributed by atoms with Crippen molar-refractivity contribution in [3.8, 4) is 11.3 Å². The lowest BCUT2D eigenvalue weighted by atomic mass is 10.1. The highest BCUT2D eigenvalue weighted by atomic mass is 16.5. The lowest BCUT2D eigenvalue weighted by Crippen LogP contribution is -2.36. The van der Waals surface area contributed by atoms with Crippen LogP contribution >= 0.6 is 0 Å². The van der Waals surface area contributed by atoms with Gasteiger partial charge in [-0.25, -0.2) is 4.79 Å². The van der Waals surface area contributed by atoms with Crippen molar-refractivity contribution >= 4 is 11.9 Å². The molecule has 0 saturated carbocycles. The SMILES string of the molecule is CN(CCCc1cc(-c2ccccc2)no1)CCC(=O)NC(N)=O. The second-order valence-electron chi connectivity index (χ2n) is 5.61. The first-order chi connectivity index (χ1) is 11.5. The summed E-state index contributed by atoms with van der Waals surface area (Å²) in [5.41, 5.74) is 6.76. The molecule has 0 aliphatic carbocycles. The molecule has 0 unspecified atom stereocenters. The quantitative estimate of drug-likeness (QED) is 0.768. The second kappa shape index (κ2) is 8.83. The summed E-state index contributed by atoms with van der Waals surface area (Å²) >= 11 is 0. The van der Waals surface area contributed by atoms with E-state index in [4.69, 9.17) is 10.3 Å². The number of aromatic nitrogens is 1. The second-order valence-corrected chi connectivity index (χ2v) is 5.61. The van der Waals surface area contributed by atoms with Crippen LogP contribution in [0.3, 0.4) is 0 Å². The van der Waals surface area contributed by atoms with Crippen LogP contribution in [0.4, 0.5) is 4.79 Å². The Bertz CT molecular complexity index is 669. The Kier molecular flexibility index (Phi) is 6.51. The number of nitrogens with two attached hydrogens (primary N) is 1. The van der Waals surface area contributed by atoms with Crippen LogP contribution in [0.1, 0.15) is 18.6 Å². The van der Waals surface area contributed by atoms with Crippen LogP contribution < -0.4 is 11.1 Å². The molecule has 3 amide bonds. The van der Waals surface area contributed by atoms with E-state index in [9.17, 15) is 9.59 Å². The fourth-order valence-corrected chi connectivity index (χ4v) is 2.30. The van der Waals surface area contributed by atoms with Crippen molar-refractivity contribution in [3.63, 3.8) is 0 Å². The van der Waals surface area contributed by atoms with E-state index >= 15 is 0 Å². The summed E-state index contributed by atoms with van der Waals surface area (Å²) in [5.74, 6) is 0.478. The minimum atomic E-state index is -0.817. The largest absolute Gasteiger partial charge is 0.361 e. The normalized spacial score (nSPS) is 10.8. The molecule has 0 spiro atoms. The Morgan fingerprint density at radius 3 is 2.71 bits per heavy atom. The van der Waals surface area contributed by atoms with Crippen molar-refractivity contribution in [2.75, 3.05) is 20.1 Å². The molecule has 0 radical (unpaired) electrons. The number of nitrogens with zero attached hydrogens (tertiary/aromatic N) is 2. The third kappa shape index (κ3) is 5.85. The number of primary amides is 1. The predicted molar refractivity (Wildman–Crippen MR) is 90.1 cm³/mol. The van der Waals surface area contributed by atoms with Crippen LogP contribution in [0.5, 0.6) is 0 Å². The first kappa shape index (κ1) is 17.7. The number of carbonyl (C=O) groups is 2. The molecule has 2 rings (SSSR count). The number of benzene rings is 1. The number of hydrogen-bond acceptors (Lipinski definition) is 5. The molecule has 0 fully saturated rings. The van der Waals surface area contributed by atoms with Gasteiger partial charge in [0.25, 0.3) is 0 Å². The third-order valence-electron chi connectivity index (χ3n) is 3.57. The van der Waals surface area contributed by atoms with Crippen LogP contribution in [0.25, 0.3) is 11.3 Å². The van der Waals surface area contributed by atoms with Crippen LogP contribution in [0.2, 0.25) is 0 Å². The van der Waals surface area contributed by atoms with Gasteiger partial charge in [0.15, 0.2) is 0 Å². The molecule has 1 aromatic carbocycles. The van der Waals surface area contributed by atoms with Gasteiger partial charge in [0.2, 0.25) is 5.91 Å². The average Bonchev–Trinajstić information content (AvgIpc) is 3.02. The Balaban J connectivity index is 1.70. The van der Waals surface area contributed by atoms with Crippen molar-refractivity contribution < 1.29 is 14.1 Å². The smallest absolute Gasteiger partial charge is 0.318 e. The molecule has 0 bridgehead atoms. The minimum Gasteiger partial charge on any atom is -0.361 e. The van der Waals surface area contributed by atoms with Crippen molar-refractivity contribution in [2.45, 2.75) is 19.3 Å². The number of nitrogens with one attached hydrogen (secondary N) is 1. The maximum Gasteiger partial charge on any atom is 0.318 e. The van der Waals surface area contributed by atoms with Gasteiger partial charge in [-0.05, 0) is 20.0 Å². The van der Waals surface area contributed by atoms with Crippen molar-refractivity contribution in [1.82, 2.24) is 15.4 Å². The number of aryl methyl sites for hydroxylation is 1. The Labute approximate surface area is 140 Å². The van der Waals surface area contributed by atoms with E-state index in [1.807, 2.05) is 53.7 Å². The van der Waals surface area contributed by atoms with E-state index < -0.39 is 6.03 Å². The van der Waals surface area contributed by atoms with E-state index in [-0.39, 0.29) is 12.3 Å². The zero-order valence-corrected chi connectivity index (χ0v) is 13.7. The van der Waals surface area contributed by atoms with Crippen molar-refractivity contribution in [2.24, 2.45) is 5.73 Å². The van der Waals surface area contributed by atoms with Gasteiger partial charge in [0.05, 0.1) is 0 Å². The summed E-state index contributed by atoms with van der Waals surface area (Å²) in [6, 6.07) is 11.0. The van der Waals surface area contributed by atoms with Crippen LogP contribution in [-0.2, 0) is 11.2 Å². The fraction of sp³-hybridized carbons (Fsp3) is 0.353. The van der Waals surface area contributed by atoms with Gasteiger partial charge in [-0.3, -0.25) is 10.1 Å². The third-order valence-corrected chi connectivity index (χ3v) is 3.57. The number of amides is 3. The van der Waals surface area contributed by atoms with Gasteiger partial charge in [-0.15, -0.1) is 0 Å². The number of urea groups is 1. The van der Waals surface area contributed by atoms with Crippen LogP contribution in [-0.4, -0.2) is 42.1 Å². The molecular weight excluding hydrogens is 308 g/mol. The monoisotopic (exact) mass is 330 g/mol. The summed E-state index contributed by atoms with van der Waals surface area (Å²) in [6.45, 7) is 1.37. The minimum absolute atomic E-state index is 0.236. The molecular formula is C17H22N4O3. The lowest BCUT2D eigenvalue weighted by Gasteiger charge is -2.15. The Morgan fingerprint density at radius 1 is 1.25 bits per heavy atom. The predicted octanol–water partition coefficient (Wildman–Crippen LogP) is 1.79. The molecule has 1 heterocycles. The lowest BCUT2D eigenvalue weighted by molar-refractivity contribution is -0.120. The molecule has 3 N–H and O–H groups in total. The van der Waals surface area contributed by atoms with E-state index in [0.29, 0.717) is 6.54 Å². The van der Waals surface area contributed by atoms with Gasteiger partial charge < -0.3 is 15.2 Å². The number of rotatable bonds is 8. The molecule has 0 aliphatic heterocycles. The molecule has 7 heteroatoms. The number of carbonyl (C=O) groups excluding carboxylic acids is 2. The summed E-state index contributed by atoms with van der Waals surface area (Å²) in [4.78, 5) is 23.9. The highest BCUT2D eigenvalue weighted by molar-refractivity contribution is 5.93. The maximum absolute atomic E-state index is 11.3. The van der Waals surface area contributed by atoms with Crippen LogP contribution in [0, 0.1) is 0 Å². The molecule has 2 aromatic rings. The molecule has 0 aliphatic rings. The first-order valence-electron chi connectivity index (χ1n) is 7.83. The zero-order valence-electron chi connectivity index (χ0n) is 13.7. The maximum atomic E-state index is 11.3.